The normalized spacial score (nSPS) is 14.0. The van der Waals surface area contributed by atoms with E-state index in [1.54, 1.807) is 13.4 Å². The van der Waals surface area contributed by atoms with Gasteiger partial charge in [0, 0.05) is 12.1 Å². The van der Waals surface area contributed by atoms with Gasteiger partial charge in [-0.3, -0.25) is 0 Å². The SMILES string of the molecule is CCCCC(CC)CC(NCC)c1cc(OC)ncn1. The van der Waals surface area contributed by atoms with Gasteiger partial charge in [-0.05, 0) is 18.9 Å². The number of rotatable bonds is 10. The molecule has 0 aliphatic rings. The molecule has 1 aromatic rings. The van der Waals surface area contributed by atoms with Crippen LogP contribution in [0.15, 0.2) is 12.4 Å². The second-order valence-electron chi connectivity index (χ2n) is 5.25. The van der Waals surface area contributed by atoms with Crippen LogP contribution in [0.5, 0.6) is 5.88 Å². The lowest BCUT2D eigenvalue weighted by molar-refractivity contribution is 0.349. The first-order valence-electron chi connectivity index (χ1n) is 7.84. The Kier molecular flexibility index (Phi) is 8.19. The average Bonchev–Trinajstić information content (AvgIpc) is 2.50. The van der Waals surface area contributed by atoms with Gasteiger partial charge in [-0.1, -0.05) is 46.5 Å². The summed E-state index contributed by atoms with van der Waals surface area (Å²) in [5, 5.41) is 3.55. The molecule has 0 spiro atoms. The lowest BCUT2D eigenvalue weighted by atomic mass is 9.91. The van der Waals surface area contributed by atoms with E-state index >= 15 is 0 Å². The van der Waals surface area contributed by atoms with Crippen molar-refractivity contribution in [3.63, 3.8) is 0 Å². The highest BCUT2D eigenvalue weighted by molar-refractivity contribution is 5.16. The van der Waals surface area contributed by atoms with Crippen LogP contribution in [0, 0.1) is 5.92 Å². The number of nitrogens with one attached hydrogen (secondary N) is 1. The maximum Gasteiger partial charge on any atom is 0.216 e. The fourth-order valence-electron chi connectivity index (χ4n) is 2.53. The Labute approximate surface area is 123 Å². The molecule has 114 valence electrons. The largest absolute Gasteiger partial charge is 0.481 e. The monoisotopic (exact) mass is 279 g/mol. The van der Waals surface area contributed by atoms with Crippen molar-refractivity contribution in [2.24, 2.45) is 5.92 Å². The molecule has 1 N–H and O–H groups in total. The van der Waals surface area contributed by atoms with Crippen LogP contribution >= 0.6 is 0 Å². The molecule has 0 aliphatic carbocycles. The summed E-state index contributed by atoms with van der Waals surface area (Å²) in [4.78, 5) is 8.51. The summed E-state index contributed by atoms with van der Waals surface area (Å²) >= 11 is 0. The van der Waals surface area contributed by atoms with Crippen molar-refractivity contribution in [2.45, 2.75) is 58.9 Å². The zero-order chi connectivity index (χ0) is 14.8. The minimum atomic E-state index is 0.290. The van der Waals surface area contributed by atoms with Gasteiger partial charge in [-0.25, -0.2) is 9.97 Å². The van der Waals surface area contributed by atoms with Crippen molar-refractivity contribution in [3.05, 3.63) is 18.1 Å². The molecule has 0 bridgehead atoms. The standard InChI is InChI=1S/C16H29N3O/c1-5-8-9-13(6-2)10-14(17-7-3)15-11-16(20-4)19-12-18-15/h11-14,17H,5-10H2,1-4H3. The molecular weight excluding hydrogens is 250 g/mol. The van der Waals surface area contributed by atoms with Gasteiger partial charge < -0.3 is 10.1 Å². The first kappa shape index (κ1) is 16.9. The third kappa shape index (κ3) is 5.45. The van der Waals surface area contributed by atoms with Crippen molar-refractivity contribution in [3.8, 4) is 5.88 Å². The lowest BCUT2D eigenvalue weighted by Crippen LogP contribution is -2.24. The molecule has 0 aliphatic heterocycles. The molecule has 0 saturated heterocycles. The van der Waals surface area contributed by atoms with Gasteiger partial charge in [0.2, 0.25) is 5.88 Å². The topological polar surface area (TPSA) is 47.0 Å². The molecule has 4 heteroatoms. The lowest BCUT2D eigenvalue weighted by Gasteiger charge is -2.23. The van der Waals surface area contributed by atoms with Crippen LogP contribution in [0.2, 0.25) is 0 Å². The van der Waals surface area contributed by atoms with Crippen LogP contribution < -0.4 is 10.1 Å². The summed E-state index contributed by atoms with van der Waals surface area (Å²) in [6, 6.07) is 2.23. The molecule has 0 fully saturated rings. The summed E-state index contributed by atoms with van der Waals surface area (Å²) in [7, 11) is 1.64. The Bertz CT molecular complexity index is 370. The fourth-order valence-corrected chi connectivity index (χ4v) is 2.53. The van der Waals surface area contributed by atoms with Gasteiger partial charge in [0.1, 0.15) is 6.33 Å². The van der Waals surface area contributed by atoms with E-state index in [1.807, 2.05) is 6.07 Å². The van der Waals surface area contributed by atoms with Gasteiger partial charge >= 0.3 is 0 Å². The molecule has 1 heterocycles. The molecule has 0 aromatic carbocycles. The van der Waals surface area contributed by atoms with E-state index in [2.05, 4.69) is 36.1 Å². The fraction of sp³-hybridized carbons (Fsp3) is 0.750. The Morgan fingerprint density at radius 2 is 2.05 bits per heavy atom. The Morgan fingerprint density at radius 3 is 2.65 bits per heavy atom. The predicted molar refractivity (Wildman–Crippen MR) is 82.9 cm³/mol. The van der Waals surface area contributed by atoms with Crippen LogP contribution in [-0.2, 0) is 0 Å². The summed E-state index contributed by atoms with van der Waals surface area (Å²) in [6.45, 7) is 7.62. The van der Waals surface area contributed by atoms with Crippen molar-refractivity contribution in [1.82, 2.24) is 15.3 Å². The summed E-state index contributed by atoms with van der Waals surface area (Å²) in [5.41, 5.74) is 1.04. The zero-order valence-corrected chi connectivity index (χ0v) is 13.4. The smallest absolute Gasteiger partial charge is 0.216 e. The molecule has 0 saturated carbocycles. The van der Waals surface area contributed by atoms with E-state index in [0.717, 1.165) is 24.6 Å². The second kappa shape index (κ2) is 9.70. The van der Waals surface area contributed by atoms with E-state index in [0.29, 0.717) is 11.9 Å². The van der Waals surface area contributed by atoms with Crippen molar-refractivity contribution in [1.29, 1.82) is 0 Å². The Morgan fingerprint density at radius 1 is 1.25 bits per heavy atom. The highest BCUT2D eigenvalue weighted by Crippen LogP contribution is 2.26. The number of nitrogens with zero attached hydrogens (tertiary/aromatic N) is 2. The van der Waals surface area contributed by atoms with E-state index < -0.39 is 0 Å². The quantitative estimate of drug-likeness (QED) is 0.708. The van der Waals surface area contributed by atoms with E-state index in [-0.39, 0.29) is 0 Å². The van der Waals surface area contributed by atoms with Gasteiger partial charge in [0.25, 0.3) is 0 Å². The summed E-state index contributed by atoms with van der Waals surface area (Å²) in [6.07, 6.45) is 7.82. The molecule has 20 heavy (non-hydrogen) atoms. The minimum absolute atomic E-state index is 0.290. The Balaban J connectivity index is 2.75. The predicted octanol–water partition coefficient (Wildman–Crippen LogP) is 3.74. The number of unbranched alkanes of at least 4 members (excludes halogenated alkanes) is 1. The molecule has 1 aromatic heterocycles. The number of hydrogen-bond acceptors (Lipinski definition) is 4. The number of ether oxygens (including phenoxy) is 1. The number of methoxy groups -OCH3 is 1. The summed E-state index contributed by atoms with van der Waals surface area (Å²) in [5.74, 6) is 1.39. The van der Waals surface area contributed by atoms with Crippen molar-refractivity contribution < 1.29 is 4.74 Å². The van der Waals surface area contributed by atoms with E-state index in [1.165, 1.54) is 25.7 Å². The molecule has 4 nitrogen and oxygen atoms in total. The minimum Gasteiger partial charge on any atom is -0.481 e. The van der Waals surface area contributed by atoms with E-state index in [4.69, 9.17) is 4.74 Å². The second-order valence-corrected chi connectivity index (χ2v) is 5.25. The van der Waals surface area contributed by atoms with Gasteiger partial charge in [-0.2, -0.15) is 0 Å². The highest BCUT2D eigenvalue weighted by Gasteiger charge is 2.18. The van der Waals surface area contributed by atoms with Crippen molar-refractivity contribution >= 4 is 0 Å². The maximum absolute atomic E-state index is 5.20. The molecule has 1 rings (SSSR count). The van der Waals surface area contributed by atoms with Gasteiger partial charge in [0.05, 0.1) is 12.8 Å². The molecule has 0 amide bonds. The van der Waals surface area contributed by atoms with Crippen LogP contribution in [0.4, 0.5) is 0 Å². The third-order valence-corrected chi connectivity index (χ3v) is 3.79. The maximum atomic E-state index is 5.20. The van der Waals surface area contributed by atoms with Gasteiger partial charge in [0.15, 0.2) is 0 Å². The highest BCUT2D eigenvalue weighted by atomic mass is 16.5. The number of hydrogen-bond donors (Lipinski definition) is 1. The van der Waals surface area contributed by atoms with Crippen LogP contribution in [-0.4, -0.2) is 23.6 Å². The molecular formula is C16H29N3O. The Hall–Kier alpha value is -1.16. The van der Waals surface area contributed by atoms with Crippen LogP contribution in [0.25, 0.3) is 0 Å². The van der Waals surface area contributed by atoms with Crippen molar-refractivity contribution in [2.75, 3.05) is 13.7 Å². The average molecular weight is 279 g/mol. The zero-order valence-electron chi connectivity index (χ0n) is 13.4. The van der Waals surface area contributed by atoms with Gasteiger partial charge in [-0.15, -0.1) is 0 Å². The first-order chi connectivity index (χ1) is 9.74. The van der Waals surface area contributed by atoms with Crippen LogP contribution in [0.3, 0.4) is 0 Å². The molecule has 2 atom stereocenters. The van der Waals surface area contributed by atoms with E-state index in [9.17, 15) is 0 Å². The van der Waals surface area contributed by atoms with Crippen LogP contribution in [0.1, 0.15) is 64.6 Å². The first-order valence-corrected chi connectivity index (χ1v) is 7.84. The molecule has 2 unspecified atom stereocenters. The number of aromatic nitrogens is 2. The summed E-state index contributed by atoms with van der Waals surface area (Å²) < 4.78 is 5.20. The third-order valence-electron chi connectivity index (χ3n) is 3.79. The molecule has 0 radical (unpaired) electrons.